The average molecular weight is 236 g/mol. The van der Waals surface area contributed by atoms with Crippen LogP contribution < -0.4 is 0 Å². The van der Waals surface area contributed by atoms with Crippen LogP contribution in [0, 0.1) is 19.8 Å². The predicted molar refractivity (Wildman–Crippen MR) is 64.4 cm³/mol. The molecule has 0 bridgehead atoms. The molecule has 17 heavy (non-hydrogen) atoms. The zero-order valence-corrected chi connectivity index (χ0v) is 10.8. The molecule has 0 N–H and O–H groups in total. The lowest BCUT2D eigenvalue weighted by Crippen LogP contribution is -2.31. The van der Waals surface area contributed by atoms with Crippen molar-refractivity contribution >= 4 is 5.91 Å². The molecule has 1 saturated carbocycles. The first kappa shape index (κ1) is 12.1. The van der Waals surface area contributed by atoms with E-state index in [-0.39, 0.29) is 11.8 Å². The third-order valence-electron chi connectivity index (χ3n) is 3.66. The molecule has 0 aliphatic heterocycles. The van der Waals surface area contributed by atoms with Crippen LogP contribution in [0.15, 0.2) is 4.52 Å². The van der Waals surface area contributed by atoms with Gasteiger partial charge in [-0.2, -0.15) is 0 Å². The van der Waals surface area contributed by atoms with Gasteiger partial charge in [0.05, 0.1) is 12.2 Å². The normalized spacial score (nSPS) is 16.4. The molecule has 1 aliphatic rings. The lowest BCUT2D eigenvalue weighted by atomic mass is 10.1. The minimum absolute atomic E-state index is 0.237. The summed E-state index contributed by atoms with van der Waals surface area (Å²) in [4.78, 5) is 14.0. The second-order valence-electron chi connectivity index (χ2n) is 4.98. The summed E-state index contributed by atoms with van der Waals surface area (Å²) in [6, 6.07) is 0. The smallest absolute Gasteiger partial charge is 0.225 e. The number of carbonyl (C=O) groups excluding carboxylic acids is 1. The molecule has 4 nitrogen and oxygen atoms in total. The molecule has 4 heteroatoms. The Morgan fingerprint density at radius 2 is 2.06 bits per heavy atom. The van der Waals surface area contributed by atoms with Gasteiger partial charge in [0.15, 0.2) is 0 Å². The van der Waals surface area contributed by atoms with E-state index in [2.05, 4.69) is 5.16 Å². The minimum Gasteiger partial charge on any atom is -0.361 e. The molecule has 94 valence electrons. The van der Waals surface area contributed by atoms with E-state index in [1.165, 1.54) is 12.8 Å². The molecular formula is C13H20N2O2. The van der Waals surface area contributed by atoms with Gasteiger partial charge in [-0.15, -0.1) is 0 Å². The van der Waals surface area contributed by atoms with Crippen molar-refractivity contribution in [1.29, 1.82) is 0 Å². The fraction of sp³-hybridized carbons (Fsp3) is 0.692. The van der Waals surface area contributed by atoms with Crippen molar-refractivity contribution in [1.82, 2.24) is 10.1 Å². The number of amides is 1. The summed E-state index contributed by atoms with van der Waals surface area (Å²) >= 11 is 0. The van der Waals surface area contributed by atoms with E-state index in [0.717, 1.165) is 29.9 Å². The summed E-state index contributed by atoms with van der Waals surface area (Å²) in [5, 5.41) is 3.91. The minimum atomic E-state index is 0.237. The molecule has 0 aromatic carbocycles. The first-order valence-electron chi connectivity index (χ1n) is 6.26. The number of carbonyl (C=O) groups is 1. The van der Waals surface area contributed by atoms with Gasteiger partial charge < -0.3 is 9.42 Å². The molecule has 1 aromatic heterocycles. The van der Waals surface area contributed by atoms with Crippen LogP contribution in [-0.4, -0.2) is 23.0 Å². The van der Waals surface area contributed by atoms with Gasteiger partial charge in [0.25, 0.3) is 0 Å². The summed E-state index contributed by atoms with van der Waals surface area (Å²) in [6.07, 6.45) is 4.47. The summed E-state index contributed by atoms with van der Waals surface area (Å²) in [6.45, 7) is 4.42. The lowest BCUT2D eigenvalue weighted by molar-refractivity contribution is -0.134. The van der Waals surface area contributed by atoms with Crippen LogP contribution in [0.25, 0.3) is 0 Å². The predicted octanol–water partition coefficient (Wildman–Crippen LogP) is 2.44. The standard InChI is InChI=1S/C13H20N2O2/c1-9-12(10(2)17-14-9)8-15(3)13(16)11-6-4-5-7-11/h11H,4-8H2,1-3H3. The summed E-state index contributed by atoms with van der Waals surface area (Å²) in [5.74, 6) is 1.32. The van der Waals surface area contributed by atoms with E-state index >= 15 is 0 Å². The molecule has 1 aliphatic carbocycles. The number of rotatable bonds is 3. The maximum absolute atomic E-state index is 12.2. The van der Waals surface area contributed by atoms with Crippen LogP contribution in [0.2, 0.25) is 0 Å². The fourth-order valence-corrected chi connectivity index (χ4v) is 2.53. The topological polar surface area (TPSA) is 46.3 Å². The summed E-state index contributed by atoms with van der Waals surface area (Å²) < 4.78 is 5.11. The maximum atomic E-state index is 12.2. The van der Waals surface area contributed by atoms with Gasteiger partial charge in [-0.1, -0.05) is 18.0 Å². The number of hydrogen-bond acceptors (Lipinski definition) is 3. The van der Waals surface area contributed by atoms with E-state index in [0.29, 0.717) is 6.54 Å². The highest BCUT2D eigenvalue weighted by Crippen LogP contribution is 2.27. The Morgan fingerprint density at radius 1 is 1.41 bits per heavy atom. The van der Waals surface area contributed by atoms with E-state index in [4.69, 9.17) is 4.52 Å². The van der Waals surface area contributed by atoms with Crippen molar-refractivity contribution in [2.24, 2.45) is 5.92 Å². The number of hydrogen-bond donors (Lipinski definition) is 0. The van der Waals surface area contributed by atoms with Crippen molar-refractivity contribution in [3.05, 3.63) is 17.0 Å². The van der Waals surface area contributed by atoms with E-state index < -0.39 is 0 Å². The van der Waals surface area contributed by atoms with Crippen LogP contribution in [-0.2, 0) is 11.3 Å². The Morgan fingerprint density at radius 3 is 2.59 bits per heavy atom. The highest BCUT2D eigenvalue weighted by molar-refractivity contribution is 5.78. The Kier molecular flexibility index (Phi) is 3.50. The van der Waals surface area contributed by atoms with Gasteiger partial charge in [-0.3, -0.25) is 4.79 Å². The molecule has 1 fully saturated rings. The van der Waals surface area contributed by atoms with Crippen molar-refractivity contribution in [3.63, 3.8) is 0 Å². The fourth-order valence-electron chi connectivity index (χ4n) is 2.53. The Balaban J connectivity index is 2.01. The Labute approximate surface area is 102 Å². The molecule has 0 spiro atoms. The van der Waals surface area contributed by atoms with Crippen molar-refractivity contribution in [3.8, 4) is 0 Å². The zero-order chi connectivity index (χ0) is 12.4. The van der Waals surface area contributed by atoms with Crippen LogP contribution in [0.4, 0.5) is 0 Å². The second kappa shape index (κ2) is 4.90. The molecule has 1 aromatic rings. The molecule has 0 atom stereocenters. The van der Waals surface area contributed by atoms with Crippen molar-refractivity contribution in [2.45, 2.75) is 46.1 Å². The Bertz CT molecular complexity index is 386. The van der Waals surface area contributed by atoms with Crippen LogP contribution >= 0.6 is 0 Å². The van der Waals surface area contributed by atoms with Crippen LogP contribution in [0.3, 0.4) is 0 Å². The first-order valence-corrected chi connectivity index (χ1v) is 6.26. The summed E-state index contributed by atoms with van der Waals surface area (Å²) in [5.41, 5.74) is 1.92. The van der Waals surface area contributed by atoms with Crippen LogP contribution in [0.5, 0.6) is 0 Å². The Hall–Kier alpha value is -1.32. The second-order valence-corrected chi connectivity index (χ2v) is 4.98. The molecule has 2 rings (SSSR count). The highest BCUT2D eigenvalue weighted by Gasteiger charge is 2.26. The summed E-state index contributed by atoms with van der Waals surface area (Å²) in [7, 11) is 1.87. The van der Waals surface area contributed by atoms with Gasteiger partial charge in [-0.25, -0.2) is 0 Å². The van der Waals surface area contributed by atoms with Crippen LogP contribution in [0.1, 0.15) is 42.7 Å². The monoisotopic (exact) mass is 236 g/mol. The number of aromatic nitrogens is 1. The highest BCUT2D eigenvalue weighted by atomic mass is 16.5. The van der Waals surface area contributed by atoms with Gasteiger partial charge >= 0.3 is 0 Å². The number of nitrogens with zero attached hydrogens (tertiary/aromatic N) is 2. The molecule has 0 unspecified atom stereocenters. The average Bonchev–Trinajstić information content (AvgIpc) is 2.93. The molecular weight excluding hydrogens is 216 g/mol. The van der Waals surface area contributed by atoms with Gasteiger partial charge in [-0.05, 0) is 26.7 Å². The van der Waals surface area contributed by atoms with Gasteiger partial charge in [0.1, 0.15) is 5.76 Å². The molecule has 1 heterocycles. The van der Waals surface area contributed by atoms with Crippen molar-refractivity contribution < 1.29 is 9.32 Å². The van der Waals surface area contributed by atoms with Gasteiger partial charge in [0, 0.05) is 18.5 Å². The quantitative estimate of drug-likeness (QED) is 0.809. The zero-order valence-electron chi connectivity index (χ0n) is 10.8. The lowest BCUT2D eigenvalue weighted by Gasteiger charge is -2.20. The van der Waals surface area contributed by atoms with E-state index in [1.807, 2.05) is 25.8 Å². The van der Waals surface area contributed by atoms with E-state index in [9.17, 15) is 4.79 Å². The van der Waals surface area contributed by atoms with Crippen molar-refractivity contribution in [2.75, 3.05) is 7.05 Å². The molecule has 0 radical (unpaired) electrons. The molecule has 1 amide bonds. The third kappa shape index (κ3) is 2.51. The maximum Gasteiger partial charge on any atom is 0.225 e. The SMILES string of the molecule is Cc1noc(C)c1CN(C)C(=O)C1CCCC1. The third-order valence-corrected chi connectivity index (χ3v) is 3.66. The van der Waals surface area contributed by atoms with E-state index in [1.54, 1.807) is 0 Å². The van der Waals surface area contributed by atoms with Gasteiger partial charge in [0.2, 0.25) is 5.91 Å². The first-order chi connectivity index (χ1) is 8.09. The molecule has 0 saturated heterocycles. The number of aryl methyl sites for hydroxylation is 2. The largest absolute Gasteiger partial charge is 0.361 e.